The van der Waals surface area contributed by atoms with Crippen LogP contribution in [0, 0.1) is 0 Å². The second kappa shape index (κ2) is 7.20. The van der Waals surface area contributed by atoms with E-state index in [1.54, 1.807) is 6.26 Å². The topological polar surface area (TPSA) is 26.3 Å². The standard InChI is InChI=1S/C14H26O2S/c1-4-14(12-16-11-13(2)3)9-7-5-6-8-10-17(14)15/h11H,4-10,12H2,1-3H3. The van der Waals surface area contributed by atoms with Crippen LogP contribution in [0.2, 0.25) is 0 Å². The summed E-state index contributed by atoms with van der Waals surface area (Å²) in [5.74, 6) is 0.853. The second-order valence-corrected chi connectivity index (χ2v) is 7.22. The van der Waals surface area contributed by atoms with Gasteiger partial charge in [0.25, 0.3) is 0 Å². The highest BCUT2D eigenvalue weighted by Crippen LogP contribution is 2.30. The van der Waals surface area contributed by atoms with Gasteiger partial charge in [-0.25, -0.2) is 0 Å². The Bertz CT molecular complexity index is 282. The molecule has 3 heteroatoms. The monoisotopic (exact) mass is 258 g/mol. The van der Waals surface area contributed by atoms with Crippen LogP contribution in [0.25, 0.3) is 0 Å². The van der Waals surface area contributed by atoms with Crippen molar-refractivity contribution in [2.45, 2.75) is 64.0 Å². The molecule has 0 N–H and O–H groups in total. The summed E-state index contributed by atoms with van der Waals surface area (Å²) in [5, 5.41) is 0. The highest BCUT2D eigenvalue weighted by molar-refractivity contribution is 7.86. The Morgan fingerprint density at radius 3 is 2.65 bits per heavy atom. The quantitative estimate of drug-likeness (QED) is 0.717. The molecule has 17 heavy (non-hydrogen) atoms. The summed E-state index contributed by atoms with van der Waals surface area (Å²) >= 11 is 0. The third-order valence-corrected chi connectivity index (χ3v) is 5.74. The molecule has 1 aliphatic heterocycles. The van der Waals surface area contributed by atoms with Crippen molar-refractivity contribution in [2.75, 3.05) is 12.4 Å². The van der Waals surface area contributed by atoms with Crippen LogP contribution < -0.4 is 0 Å². The van der Waals surface area contributed by atoms with Crippen LogP contribution in [-0.4, -0.2) is 21.3 Å². The molecule has 1 heterocycles. The average Bonchev–Trinajstić information content (AvgIpc) is 2.28. The van der Waals surface area contributed by atoms with E-state index in [9.17, 15) is 4.21 Å². The average molecular weight is 258 g/mol. The van der Waals surface area contributed by atoms with Gasteiger partial charge in [0.05, 0.1) is 11.0 Å². The van der Waals surface area contributed by atoms with E-state index >= 15 is 0 Å². The third-order valence-electron chi connectivity index (χ3n) is 3.50. The zero-order chi connectivity index (χ0) is 12.7. The Balaban J connectivity index is 2.67. The first-order valence-electron chi connectivity index (χ1n) is 6.74. The van der Waals surface area contributed by atoms with Gasteiger partial charge in [-0.2, -0.15) is 0 Å². The smallest absolute Gasteiger partial charge is 0.104 e. The van der Waals surface area contributed by atoms with Gasteiger partial charge in [-0.1, -0.05) is 26.2 Å². The normalized spacial score (nSPS) is 30.2. The van der Waals surface area contributed by atoms with Crippen molar-refractivity contribution in [2.24, 2.45) is 0 Å². The highest BCUT2D eigenvalue weighted by Gasteiger charge is 2.35. The summed E-state index contributed by atoms with van der Waals surface area (Å²) in [5.41, 5.74) is 1.16. The van der Waals surface area contributed by atoms with E-state index in [-0.39, 0.29) is 4.75 Å². The maximum absolute atomic E-state index is 12.4. The Labute approximate surface area is 108 Å². The van der Waals surface area contributed by atoms with Crippen molar-refractivity contribution in [3.8, 4) is 0 Å². The van der Waals surface area contributed by atoms with E-state index < -0.39 is 10.8 Å². The van der Waals surface area contributed by atoms with E-state index in [2.05, 4.69) is 6.92 Å². The molecule has 1 fully saturated rings. The molecule has 0 amide bonds. The number of hydrogen-bond acceptors (Lipinski definition) is 2. The first kappa shape index (κ1) is 14.7. The van der Waals surface area contributed by atoms with Crippen molar-refractivity contribution >= 4 is 10.8 Å². The SMILES string of the molecule is CCC1(COC=C(C)C)CCCCCCS1=O. The fourth-order valence-electron chi connectivity index (χ4n) is 2.30. The lowest BCUT2D eigenvalue weighted by Gasteiger charge is -2.32. The molecule has 0 aromatic rings. The Hall–Kier alpha value is -0.310. The fraction of sp³-hybridized carbons (Fsp3) is 0.857. The van der Waals surface area contributed by atoms with E-state index in [4.69, 9.17) is 4.74 Å². The molecule has 1 saturated heterocycles. The molecule has 2 nitrogen and oxygen atoms in total. The molecule has 0 saturated carbocycles. The molecule has 1 aliphatic rings. The highest BCUT2D eigenvalue weighted by atomic mass is 32.2. The minimum atomic E-state index is -0.734. The molecule has 2 unspecified atom stereocenters. The lowest BCUT2D eigenvalue weighted by atomic mass is 9.97. The van der Waals surface area contributed by atoms with E-state index in [1.165, 1.54) is 19.3 Å². The summed E-state index contributed by atoms with van der Waals surface area (Å²) in [4.78, 5) is 0. The van der Waals surface area contributed by atoms with Crippen molar-refractivity contribution in [3.05, 3.63) is 11.8 Å². The van der Waals surface area contributed by atoms with E-state index in [0.717, 1.165) is 30.6 Å². The molecule has 0 bridgehead atoms. The summed E-state index contributed by atoms with van der Waals surface area (Å²) < 4.78 is 17.9. The largest absolute Gasteiger partial charge is 0.500 e. The summed E-state index contributed by atoms with van der Waals surface area (Å²) in [7, 11) is -0.734. The second-order valence-electron chi connectivity index (χ2n) is 5.26. The molecule has 0 radical (unpaired) electrons. The van der Waals surface area contributed by atoms with Gasteiger partial charge >= 0.3 is 0 Å². The predicted octanol–water partition coefficient (Wildman–Crippen LogP) is 3.79. The molecule has 2 atom stereocenters. The van der Waals surface area contributed by atoms with Crippen molar-refractivity contribution < 1.29 is 8.95 Å². The first-order chi connectivity index (χ1) is 8.10. The first-order valence-corrected chi connectivity index (χ1v) is 8.06. The third kappa shape index (κ3) is 4.46. The Kier molecular flexibility index (Phi) is 6.24. The zero-order valence-corrected chi connectivity index (χ0v) is 12.3. The maximum atomic E-state index is 12.4. The summed E-state index contributed by atoms with van der Waals surface area (Å²) in [6, 6.07) is 0. The van der Waals surface area contributed by atoms with Gasteiger partial charge in [0, 0.05) is 16.6 Å². The minimum absolute atomic E-state index is 0.105. The van der Waals surface area contributed by atoms with Crippen molar-refractivity contribution in [1.82, 2.24) is 0 Å². The summed E-state index contributed by atoms with van der Waals surface area (Å²) in [6.45, 7) is 6.80. The van der Waals surface area contributed by atoms with Gasteiger partial charge < -0.3 is 4.74 Å². The number of ether oxygens (including phenoxy) is 1. The van der Waals surface area contributed by atoms with Crippen molar-refractivity contribution in [1.29, 1.82) is 0 Å². The maximum Gasteiger partial charge on any atom is 0.104 e. The van der Waals surface area contributed by atoms with Gasteiger partial charge in [-0.05, 0) is 38.7 Å². The van der Waals surface area contributed by atoms with Crippen LogP contribution in [0.5, 0.6) is 0 Å². The number of rotatable bonds is 4. The van der Waals surface area contributed by atoms with Gasteiger partial charge in [0.1, 0.15) is 6.61 Å². The molecule has 0 aromatic heterocycles. The van der Waals surface area contributed by atoms with Gasteiger partial charge in [0.15, 0.2) is 0 Å². The Morgan fingerprint density at radius 2 is 2.00 bits per heavy atom. The number of hydrogen-bond donors (Lipinski definition) is 0. The van der Waals surface area contributed by atoms with Crippen molar-refractivity contribution in [3.63, 3.8) is 0 Å². The molecule has 0 spiro atoms. The van der Waals surface area contributed by atoms with Gasteiger partial charge in [-0.15, -0.1) is 0 Å². The molecular formula is C14H26O2S. The molecular weight excluding hydrogens is 232 g/mol. The lowest BCUT2D eigenvalue weighted by Crippen LogP contribution is -2.40. The molecule has 0 aliphatic carbocycles. The van der Waals surface area contributed by atoms with Crippen LogP contribution in [0.15, 0.2) is 11.8 Å². The fourth-order valence-corrected chi connectivity index (χ4v) is 4.09. The van der Waals surface area contributed by atoms with Gasteiger partial charge in [0.2, 0.25) is 0 Å². The van der Waals surface area contributed by atoms with Crippen LogP contribution in [0.4, 0.5) is 0 Å². The molecule has 0 aromatic carbocycles. The van der Waals surface area contributed by atoms with Gasteiger partial charge in [-0.3, -0.25) is 4.21 Å². The predicted molar refractivity (Wildman–Crippen MR) is 74.5 cm³/mol. The number of allylic oxidation sites excluding steroid dienone is 1. The zero-order valence-electron chi connectivity index (χ0n) is 11.5. The van der Waals surface area contributed by atoms with Crippen LogP contribution in [0.3, 0.4) is 0 Å². The van der Waals surface area contributed by atoms with E-state index in [1.807, 2.05) is 13.8 Å². The minimum Gasteiger partial charge on any atom is -0.500 e. The Morgan fingerprint density at radius 1 is 1.29 bits per heavy atom. The van der Waals surface area contributed by atoms with Crippen LogP contribution >= 0.6 is 0 Å². The lowest BCUT2D eigenvalue weighted by molar-refractivity contribution is 0.195. The molecule has 1 rings (SSSR count). The summed E-state index contributed by atoms with van der Waals surface area (Å²) in [6.07, 6.45) is 8.62. The van der Waals surface area contributed by atoms with Crippen LogP contribution in [0.1, 0.15) is 59.3 Å². The van der Waals surface area contributed by atoms with E-state index in [0.29, 0.717) is 6.61 Å². The molecule has 100 valence electrons. The van der Waals surface area contributed by atoms with Crippen LogP contribution in [-0.2, 0) is 15.5 Å².